The van der Waals surface area contributed by atoms with Gasteiger partial charge in [-0.3, -0.25) is 0 Å². The molecule has 1 aliphatic heterocycles. The lowest BCUT2D eigenvalue weighted by molar-refractivity contribution is 0.597. The van der Waals surface area contributed by atoms with Gasteiger partial charge in [0.2, 0.25) is 10.0 Å². The van der Waals surface area contributed by atoms with Crippen molar-refractivity contribution in [2.45, 2.75) is 11.8 Å². The first kappa shape index (κ1) is 17.2. The van der Waals surface area contributed by atoms with Crippen LogP contribution < -0.4 is 14.9 Å². The van der Waals surface area contributed by atoms with Crippen LogP contribution in [0, 0.1) is 6.92 Å². The van der Waals surface area contributed by atoms with Gasteiger partial charge in [-0.25, -0.2) is 23.5 Å². The third kappa shape index (κ3) is 3.25. The average molecular weight is 390 g/mol. The number of thiophene rings is 1. The molecule has 1 aliphatic rings. The van der Waals surface area contributed by atoms with Gasteiger partial charge in [0.1, 0.15) is 17.0 Å². The maximum absolute atomic E-state index is 11.4. The summed E-state index contributed by atoms with van der Waals surface area (Å²) in [4.78, 5) is 15.8. The van der Waals surface area contributed by atoms with E-state index in [0.29, 0.717) is 0 Å². The number of hydrogen-bond acceptors (Lipinski definition) is 7. The van der Waals surface area contributed by atoms with Crippen molar-refractivity contribution in [2.75, 3.05) is 36.0 Å². The lowest BCUT2D eigenvalue weighted by Gasteiger charge is -2.37. The molecule has 1 aromatic carbocycles. The Kier molecular flexibility index (Phi) is 4.29. The number of rotatable bonds is 3. The van der Waals surface area contributed by atoms with E-state index < -0.39 is 10.0 Å². The number of benzene rings is 1. The molecule has 7 nitrogen and oxygen atoms in total. The lowest BCUT2D eigenvalue weighted by atomic mass is 10.2. The molecule has 3 aromatic rings. The van der Waals surface area contributed by atoms with Crippen LogP contribution in [0.2, 0.25) is 0 Å². The minimum atomic E-state index is -3.65. The molecule has 1 saturated heterocycles. The monoisotopic (exact) mass is 389 g/mol. The summed E-state index contributed by atoms with van der Waals surface area (Å²) in [6.45, 7) is 5.45. The number of sulfonamides is 1. The molecule has 0 aliphatic carbocycles. The fourth-order valence-electron chi connectivity index (χ4n) is 3.24. The van der Waals surface area contributed by atoms with Crippen molar-refractivity contribution in [2.24, 2.45) is 5.14 Å². The smallest absolute Gasteiger partial charge is 0.238 e. The first-order valence-electron chi connectivity index (χ1n) is 8.26. The molecule has 26 heavy (non-hydrogen) atoms. The maximum Gasteiger partial charge on any atom is 0.238 e. The second-order valence-corrected chi connectivity index (χ2v) is 9.08. The average Bonchev–Trinajstić information content (AvgIpc) is 3.01. The second kappa shape index (κ2) is 6.49. The van der Waals surface area contributed by atoms with Crippen molar-refractivity contribution in [3.05, 3.63) is 41.5 Å². The van der Waals surface area contributed by atoms with E-state index in [0.717, 1.165) is 47.9 Å². The van der Waals surface area contributed by atoms with Gasteiger partial charge in [0.05, 0.1) is 10.3 Å². The minimum Gasteiger partial charge on any atom is -0.368 e. The van der Waals surface area contributed by atoms with Gasteiger partial charge in [-0.05, 0) is 37.3 Å². The van der Waals surface area contributed by atoms with E-state index in [1.165, 1.54) is 4.88 Å². The van der Waals surface area contributed by atoms with Gasteiger partial charge in [-0.1, -0.05) is 0 Å². The number of fused-ring (bicyclic) bond motifs is 1. The quantitative estimate of drug-likeness (QED) is 0.736. The summed E-state index contributed by atoms with van der Waals surface area (Å²) >= 11 is 1.68. The standard InChI is InChI=1S/C17H19N5O2S2/c1-12-10-15-16(19-11-20-17(15)25-12)22-8-6-21(7-9-22)13-2-4-14(5-3-13)26(18,23)24/h2-5,10-11H,6-9H2,1H3,(H2,18,23,24). The predicted octanol–water partition coefficient (Wildman–Crippen LogP) is 1.97. The zero-order chi connectivity index (χ0) is 18.3. The number of aromatic nitrogens is 2. The van der Waals surface area contributed by atoms with Crippen LogP contribution >= 0.6 is 11.3 Å². The number of hydrogen-bond donors (Lipinski definition) is 1. The van der Waals surface area contributed by atoms with Crippen molar-refractivity contribution in [3.8, 4) is 0 Å². The Balaban J connectivity index is 1.50. The van der Waals surface area contributed by atoms with Crippen LogP contribution in [0.5, 0.6) is 0 Å². The number of anilines is 2. The molecule has 9 heteroatoms. The Labute approximate surface area is 156 Å². The highest BCUT2D eigenvalue weighted by Gasteiger charge is 2.21. The van der Waals surface area contributed by atoms with E-state index in [1.54, 1.807) is 41.9 Å². The van der Waals surface area contributed by atoms with Gasteiger partial charge in [0.15, 0.2) is 0 Å². The summed E-state index contributed by atoms with van der Waals surface area (Å²) in [6.07, 6.45) is 1.63. The molecule has 1 fully saturated rings. The first-order valence-corrected chi connectivity index (χ1v) is 10.6. The van der Waals surface area contributed by atoms with Crippen LogP contribution in [0.4, 0.5) is 11.5 Å². The number of primary sulfonamides is 1. The SMILES string of the molecule is Cc1cc2c(N3CCN(c4ccc(S(N)(=O)=O)cc4)CC3)ncnc2s1. The van der Waals surface area contributed by atoms with Crippen molar-refractivity contribution in [1.29, 1.82) is 0 Å². The van der Waals surface area contributed by atoms with Crippen LogP contribution in [0.3, 0.4) is 0 Å². The van der Waals surface area contributed by atoms with Gasteiger partial charge < -0.3 is 9.80 Å². The molecule has 0 bridgehead atoms. The van der Waals surface area contributed by atoms with Gasteiger partial charge in [-0.2, -0.15) is 0 Å². The number of piperazine rings is 1. The summed E-state index contributed by atoms with van der Waals surface area (Å²) in [7, 11) is -3.65. The van der Waals surface area contributed by atoms with Crippen LogP contribution in [-0.2, 0) is 10.0 Å². The van der Waals surface area contributed by atoms with E-state index in [1.807, 2.05) is 0 Å². The Hall–Kier alpha value is -2.23. The molecule has 0 radical (unpaired) electrons. The van der Waals surface area contributed by atoms with Crippen molar-refractivity contribution in [1.82, 2.24) is 9.97 Å². The van der Waals surface area contributed by atoms with E-state index in [9.17, 15) is 8.42 Å². The highest BCUT2D eigenvalue weighted by Crippen LogP contribution is 2.30. The molecule has 0 amide bonds. The van der Waals surface area contributed by atoms with Gasteiger partial charge in [-0.15, -0.1) is 11.3 Å². The van der Waals surface area contributed by atoms with Crippen molar-refractivity contribution in [3.63, 3.8) is 0 Å². The highest BCUT2D eigenvalue weighted by atomic mass is 32.2. The summed E-state index contributed by atoms with van der Waals surface area (Å²) in [6, 6.07) is 8.87. The van der Waals surface area contributed by atoms with Crippen LogP contribution in [0.15, 0.2) is 41.6 Å². The molecule has 0 saturated carbocycles. The normalized spacial score (nSPS) is 15.6. The van der Waals surface area contributed by atoms with E-state index in [2.05, 4.69) is 32.8 Å². The van der Waals surface area contributed by atoms with E-state index in [4.69, 9.17) is 5.14 Å². The van der Waals surface area contributed by atoms with E-state index in [-0.39, 0.29) is 4.90 Å². The predicted molar refractivity (Wildman–Crippen MR) is 104 cm³/mol. The fourth-order valence-corrected chi connectivity index (χ4v) is 4.60. The molecule has 0 spiro atoms. The molecule has 0 unspecified atom stereocenters. The summed E-state index contributed by atoms with van der Waals surface area (Å²) in [5.41, 5.74) is 0.997. The second-order valence-electron chi connectivity index (χ2n) is 6.29. The largest absolute Gasteiger partial charge is 0.368 e. The van der Waals surface area contributed by atoms with Crippen LogP contribution in [0.1, 0.15) is 4.88 Å². The number of aryl methyl sites for hydroxylation is 1. The topological polar surface area (TPSA) is 92.4 Å². The summed E-state index contributed by atoms with van der Waals surface area (Å²) in [5.74, 6) is 0.989. The Morgan fingerprint density at radius 2 is 1.69 bits per heavy atom. The molecule has 2 N–H and O–H groups in total. The zero-order valence-corrected chi connectivity index (χ0v) is 15.9. The Morgan fingerprint density at radius 3 is 2.35 bits per heavy atom. The third-order valence-corrected chi connectivity index (χ3v) is 6.43. The van der Waals surface area contributed by atoms with Gasteiger partial charge in [0.25, 0.3) is 0 Å². The highest BCUT2D eigenvalue weighted by molar-refractivity contribution is 7.89. The molecular formula is C17H19N5O2S2. The molecule has 3 heterocycles. The van der Waals surface area contributed by atoms with Crippen LogP contribution in [0.25, 0.3) is 10.2 Å². The zero-order valence-electron chi connectivity index (χ0n) is 14.3. The van der Waals surface area contributed by atoms with E-state index >= 15 is 0 Å². The molecule has 4 rings (SSSR count). The lowest BCUT2D eigenvalue weighted by Crippen LogP contribution is -2.46. The number of nitrogens with zero attached hydrogens (tertiary/aromatic N) is 4. The summed E-state index contributed by atoms with van der Waals surface area (Å²) in [5, 5.41) is 6.27. The molecule has 136 valence electrons. The fraction of sp³-hybridized carbons (Fsp3) is 0.294. The molecular weight excluding hydrogens is 370 g/mol. The molecule has 0 atom stereocenters. The Bertz CT molecular complexity index is 1040. The summed E-state index contributed by atoms with van der Waals surface area (Å²) < 4.78 is 22.8. The van der Waals surface area contributed by atoms with Gasteiger partial charge >= 0.3 is 0 Å². The first-order chi connectivity index (χ1) is 12.4. The maximum atomic E-state index is 11.4. The van der Waals surface area contributed by atoms with Crippen molar-refractivity contribution >= 4 is 43.1 Å². The van der Waals surface area contributed by atoms with Crippen LogP contribution in [-0.4, -0.2) is 44.6 Å². The number of nitrogens with two attached hydrogens (primary N) is 1. The van der Waals surface area contributed by atoms with Gasteiger partial charge in [0, 0.05) is 36.7 Å². The third-order valence-electron chi connectivity index (χ3n) is 4.54. The minimum absolute atomic E-state index is 0.135. The Morgan fingerprint density at radius 1 is 1.04 bits per heavy atom. The van der Waals surface area contributed by atoms with Crippen molar-refractivity contribution < 1.29 is 8.42 Å². The molecule has 2 aromatic heterocycles.